The van der Waals surface area contributed by atoms with Gasteiger partial charge in [0.1, 0.15) is 0 Å². The highest BCUT2D eigenvalue weighted by Gasteiger charge is 2.29. The van der Waals surface area contributed by atoms with E-state index < -0.39 is 0 Å². The normalized spacial score (nSPS) is 27.7. The second-order valence-electron chi connectivity index (χ2n) is 7.04. The summed E-state index contributed by atoms with van der Waals surface area (Å²) in [7, 11) is 0. The first-order valence-corrected chi connectivity index (χ1v) is 9.62. The van der Waals surface area contributed by atoms with Crippen molar-refractivity contribution in [1.82, 2.24) is 4.98 Å². The van der Waals surface area contributed by atoms with E-state index in [-0.39, 0.29) is 5.56 Å². The number of aromatic nitrogens is 1. The SMILES string of the molecule is Cc1c(C2CCC(C3CCCCC3)CC2)cc(=O)[nH]c1I. The van der Waals surface area contributed by atoms with Gasteiger partial charge in [0.05, 0.1) is 3.70 Å². The molecular weight excluding hydrogens is 373 g/mol. The number of nitrogens with one attached hydrogen (secondary N) is 1. The number of hydrogen-bond acceptors (Lipinski definition) is 1. The lowest BCUT2D eigenvalue weighted by Gasteiger charge is -2.36. The van der Waals surface area contributed by atoms with Gasteiger partial charge in [-0.3, -0.25) is 4.79 Å². The summed E-state index contributed by atoms with van der Waals surface area (Å²) in [4.78, 5) is 14.7. The van der Waals surface area contributed by atoms with E-state index in [1.807, 2.05) is 6.07 Å². The number of H-pyrrole nitrogens is 1. The van der Waals surface area contributed by atoms with Gasteiger partial charge < -0.3 is 4.98 Å². The van der Waals surface area contributed by atoms with E-state index in [9.17, 15) is 4.79 Å². The molecule has 2 nitrogen and oxygen atoms in total. The van der Waals surface area contributed by atoms with Gasteiger partial charge in [0.2, 0.25) is 5.56 Å². The molecule has 3 rings (SSSR count). The summed E-state index contributed by atoms with van der Waals surface area (Å²) in [6.07, 6.45) is 12.6. The maximum atomic E-state index is 11.8. The minimum Gasteiger partial charge on any atom is -0.317 e. The zero-order valence-corrected chi connectivity index (χ0v) is 15.1. The molecule has 0 unspecified atom stereocenters. The zero-order chi connectivity index (χ0) is 14.8. The second kappa shape index (κ2) is 6.84. The number of rotatable bonds is 2. The Morgan fingerprint density at radius 3 is 2.29 bits per heavy atom. The standard InChI is InChI=1S/C18H26INO/c1-12-16(11-17(21)20-18(12)19)15-9-7-14(8-10-15)13-5-3-2-4-6-13/h11,13-15H,2-10H2,1H3,(H,20,21). The molecule has 0 bridgehead atoms. The van der Waals surface area contributed by atoms with Crippen LogP contribution in [0.5, 0.6) is 0 Å². The third-order valence-corrected chi connectivity index (χ3v) is 6.89. The summed E-state index contributed by atoms with van der Waals surface area (Å²) in [5.74, 6) is 2.57. The van der Waals surface area contributed by atoms with Crippen molar-refractivity contribution in [2.24, 2.45) is 11.8 Å². The summed E-state index contributed by atoms with van der Waals surface area (Å²) in [6.45, 7) is 2.15. The van der Waals surface area contributed by atoms with Crippen LogP contribution in [-0.2, 0) is 0 Å². The molecule has 2 fully saturated rings. The maximum Gasteiger partial charge on any atom is 0.249 e. The Morgan fingerprint density at radius 1 is 1.00 bits per heavy atom. The predicted octanol–water partition coefficient (Wildman–Crippen LogP) is 5.14. The molecule has 116 valence electrons. The van der Waals surface area contributed by atoms with E-state index in [0.717, 1.165) is 15.5 Å². The average molecular weight is 399 g/mol. The minimum atomic E-state index is 0.0643. The molecule has 0 aromatic carbocycles. The Hall–Kier alpha value is -0.320. The van der Waals surface area contributed by atoms with E-state index in [4.69, 9.17) is 0 Å². The van der Waals surface area contributed by atoms with Crippen molar-refractivity contribution in [2.45, 2.75) is 70.6 Å². The van der Waals surface area contributed by atoms with Crippen LogP contribution in [0.2, 0.25) is 0 Å². The van der Waals surface area contributed by atoms with E-state index in [1.54, 1.807) is 0 Å². The van der Waals surface area contributed by atoms with Gasteiger partial charge in [-0.05, 0) is 84.1 Å². The average Bonchev–Trinajstić information content (AvgIpc) is 2.52. The van der Waals surface area contributed by atoms with Gasteiger partial charge >= 0.3 is 0 Å². The van der Waals surface area contributed by atoms with Crippen molar-refractivity contribution in [3.8, 4) is 0 Å². The fraction of sp³-hybridized carbons (Fsp3) is 0.722. The summed E-state index contributed by atoms with van der Waals surface area (Å²) >= 11 is 2.26. The van der Waals surface area contributed by atoms with E-state index >= 15 is 0 Å². The monoisotopic (exact) mass is 399 g/mol. The summed E-state index contributed by atoms with van der Waals surface area (Å²) in [5, 5.41) is 0. The van der Waals surface area contributed by atoms with E-state index in [0.29, 0.717) is 5.92 Å². The van der Waals surface area contributed by atoms with Gasteiger partial charge in [-0.1, -0.05) is 32.1 Å². The summed E-state index contributed by atoms with van der Waals surface area (Å²) in [6, 6.07) is 1.85. The highest BCUT2D eigenvalue weighted by Crippen LogP contribution is 2.43. The second-order valence-corrected chi connectivity index (χ2v) is 8.12. The quantitative estimate of drug-likeness (QED) is 0.542. The van der Waals surface area contributed by atoms with Crippen LogP contribution in [0.3, 0.4) is 0 Å². The molecular formula is C18H26INO. The molecule has 0 radical (unpaired) electrons. The highest BCUT2D eigenvalue weighted by atomic mass is 127. The van der Waals surface area contributed by atoms with Crippen LogP contribution in [0.25, 0.3) is 0 Å². The Bertz CT molecular complexity index is 537. The fourth-order valence-electron chi connectivity index (χ4n) is 4.55. The Labute approximate surface area is 141 Å². The number of pyridine rings is 1. The van der Waals surface area contributed by atoms with Crippen molar-refractivity contribution in [3.05, 3.63) is 31.2 Å². The fourth-order valence-corrected chi connectivity index (χ4v) is 5.12. The van der Waals surface area contributed by atoms with Gasteiger partial charge in [-0.25, -0.2) is 0 Å². The Morgan fingerprint density at radius 2 is 1.62 bits per heavy atom. The van der Waals surface area contributed by atoms with Crippen LogP contribution >= 0.6 is 22.6 Å². The lowest BCUT2D eigenvalue weighted by Crippen LogP contribution is -2.24. The van der Waals surface area contributed by atoms with Gasteiger partial charge in [-0.2, -0.15) is 0 Å². The van der Waals surface area contributed by atoms with E-state index in [2.05, 4.69) is 34.5 Å². The number of halogens is 1. The van der Waals surface area contributed by atoms with Gasteiger partial charge in [-0.15, -0.1) is 0 Å². The van der Waals surface area contributed by atoms with Gasteiger partial charge in [0.25, 0.3) is 0 Å². The maximum absolute atomic E-state index is 11.8. The van der Waals surface area contributed by atoms with Crippen molar-refractivity contribution in [2.75, 3.05) is 0 Å². The van der Waals surface area contributed by atoms with Crippen LogP contribution < -0.4 is 5.56 Å². The van der Waals surface area contributed by atoms with E-state index in [1.165, 1.54) is 68.9 Å². The molecule has 2 saturated carbocycles. The molecule has 1 aromatic rings. The third kappa shape index (κ3) is 3.54. The van der Waals surface area contributed by atoms with Crippen LogP contribution in [-0.4, -0.2) is 4.98 Å². The first-order valence-electron chi connectivity index (χ1n) is 8.54. The molecule has 0 amide bonds. The molecule has 0 atom stereocenters. The number of aromatic amines is 1. The number of hydrogen-bond donors (Lipinski definition) is 1. The molecule has 2 aliphatic rings. The third-order valence-electron chi connectivity index (χ3n) is 5.81. The molecule has 1 aromatic heterocycles. The van der Waals surface area contributed by atoms with Crippen LogP contribution in [0.1, 0.15) is 74.8 Å². The van der Waals surface area contributed by atoms with Gasteiger partial charge in [0.15, 0.2) is 0 Å². The van der Waals surface area contributed by atoms with Crippen molar-refractivity contribution < 1.29 is 0 Å². The molecule has 1 N–H and O–H groups in total. The molecule has 0 saturated heterocycles. The Kier molecular flexibility index (Phi) is 5.07. The van der Waals surface area contributed by atoms with Crippen LogP contribution in [0.4, 0.5) is 0 Å². The summed E-state index contributed by atoms with van der Waals surface area (Å²) < 4.78 is 1.02. The first kappa shape index (κ1) is 15.6. The molecule has 1 heterocycles. The zero-order valence-electron chi connectivity index (χ0n) is 13.0. The predicted molar refractivity (Wildman–Crippen MR) is 95.8 cm³/mol. The smallest absolute Gasteiger partial charge is 0.249 e. The van der Waals surface area contributed by atoms with Crippen LogP contribution in [0, 0.1) is 22.5 Å². The highest BCUT2D eigenvalue weighted by molar-refractivity contribution is 14.1. The summed E-state index contributed by atoms with van der Waals surface area (Å²) in [5.41, 5.74) is 2.66. The molecule has 3 heteroatoms. The lowest BCUT2D eigenvalue weighted by atomic mass is 9.69. The van der Waals surface area contributed by atoms with Crippen molar-refractivity contribution in [1.29, 1.82) is 0 Å². The largest absolute Gasteiger partial charge is 0.317 e. The van der Waals surface area contributed by atoms with Gasteiger partial charge in [0, 0.05) is 6.07 Å². The van der Waals surface area contributed by atoms with Crippen LogP contribution in [0.15, 0.2) is 10.9 Å². The topological polar surface area (TPSA) is 32.9 Å². The molecule has 0 spiro atoms. The first-order chi connectivity index (χ1) is 10.1. The Balaban J connectivity index is 1.67. The minimum absolute atomic E-state index is 0.0643. The lowest BCUT2D eigenvalue weighted by molar-refractivity contribution is 0.186. The molecule has 2 aliphatic carbocycles. The molecule has 21 heavy (non-hydrogen) atoms. The van der Waals surface area contributed by atoms with Crippen molar-refractivity contribution in [3.63, 3.8) is 0 Å². The van der Waals surface area contributed by atoms with Crippen molar-refractivity contribution >= 4 is 22.6 Å². The molecule has 0 aliphatic heterocycles.